The molecule has 4 nitrogen and oxygen atoms in total. The minimum absolute atomic E-state index is 0.0835. The van der Waals surface area contributed by atoms with E-state index in [-0.39, 0.29) is 4.90 Å². The van der Waals surface area contributed by atoms with E-state index in [0.717, 1.165) is 11.6 Å². The van der Waals surface area contributed by atoms with Crippen LogP contribution >= 0.6 is 0 Å². The molecule has 0 radical (unpaired) electrons. The summed E-state index contributed by atoms with van der Waals surface area (Å²) in [7, 11) is -2.42. The molecule has 0 amide bonds. The molecule has 0 spiro atoms. The zero-order valence-corrected chi connectivity index (χ0v) is 16.8. The van der Waals surface area contributed by atoms with Crippen LogP contribution in [0.2, 0.25) is 0 Å². The number of hydrogen-bond donors (Lipinski definition) is 0. The molecule has 28 heavy (non-hydrogen) atoms. The molecule has 3 aromatic rings. The summed E-state index contributed by atoms with van der Waals surface area (Å²) in [5, 5.41) is 0. The number of para-hydroxylation sites is 1. The molecule has 1 unspecified atom stereocenters. The summed E-state index contributed by atoms with van der Waals surface area (Å²) in [6.07, 6.45) is 0. The lowest BCUT2D eigenvalue weighted by Crippen LogP contribution is -2.33. The van der Waals surface area contributed by atoms with Gasteiger partial charge in [0.15, 0.2) is 0 Å². The summed E-state index contributed by atoms with van der Waals surface area (Å²) in [6, 6.07) is 19.5. The van der Waals surface area contributed by atoms with Crippen LogP contribution in [0, 0.1) is 12.7 Å². The lowest BCUT2D eigenvalue weighted by Gasteiger charge is -2.31. The molecular weight excluding hydrogens is 377 g/mol. The predicted octanol–water partition coefficient (Wildman–Crippen LogP) is 5.10. The van der Waals surface area contributed by atoms with Crippen molar-refractivity contribution in [1.82, 2.24) is 0 Å². The Balaban J connectivity index is 2.12. The van der Waals surface area contributed by atoms with Crippen LogP contribution in [0.4, 0.5) is 10.1 Å². The molecule has 0 bridgehead atoms. The molecule has 0 aromatic heterocycles. The number of halogens is 1. The normalized spacial score (nSPS) is 12.4. The third kappa shape index (κ3) is 3.87. The van der Waals surface area contributed by atoms with Crippen LogP contribution in [0.1, 0.15) is 24.1 Å². The third-order valence-corrected chi connectivity index (χ3v) is 6.56. The highest BCUT2D eigenvalue weighted by atomic mass is 32.2. The van der Waals surface area contributed by atoms with Gasteiger partial charge in [0.25, 0.3) is 10.0 Å². The third-order valence-electron chi connectivity index (χ3n) is 4.66. The van der Waals surface area contributed by atoms with Gasteiger partial charge in [-0.15, -0.1) is 0 Å². The molecule has 0 aliphatic carbocycles. The number of ether oxygens (including phenoxy) is 1. The fourth-order valence-corrected chi connectivity index (χ4v) is 4.67. The Labute approximate surface area is 165 Å². The topological polar surface area (TPSA) is 46.6 Å². The quantitative estimate of drug-likeness (QED) is 0.579. The summed E-state index contributed by atoms with van der Waals surface area (Å²) in [6.45, 7) is 3.40. The average molecular weight is 399 g/mol. The van der Waals surface area contributed by atoms with E-state index in [0.29, 0.717) is 17.0 Å². The van der Waals surface area contributed by atoms with Crippen molar-refractivity contribution in [2.75, 3.05) is 11.4 Å². The van der Waals surface area contributed by atoms with Gasteiger partial charge in [0.2, 0.25) is 0 Å². The largest absolute Gasteiger partial charge is 0.497 e. The van der Waals surface area contributed by atoms with Crippen LogP contribution in [-0.2, 0) is 10.0 Å². The van der Waals surface area contributed by atoms with Gasteiger partial charge in [-0.3, -0.25) is 4.31 Å². The zero-order valence-electron chi connectivity index (χ0n) is 16.0. The number of anilines is 1. The maximum Gasteiger partial charge on any atom is 0.264 e. The Morgan fingerprint density at radius 3 is 2.18 bits per heavy atom. The van der Waals surface area contributed by atoms with E-state index in [2.05, 4.69) is 0 Å². The second kappa shape index (κ2) is 8.02. The summed E-state index contributed by atoms with van der Waals surface area (Å²) in [5.74, 6) is 0.136. The highest BCUT2D eigenvalue weighted by molar-refractivity contribution is 7.92. The molecule has 0 aliphatic heterocycles. The van der Waals surface area contributed by atoms with E-state index >= 15 is 0 Å². The van der Waals surface area contributed by atoms with Gasteiger partial charge in [-0.1, -0.05) is 36.4 Å². The fourth-order valence-electron chi connectivity index (χ4n) is 3.01. The smallest absolute Gasteiger partial charge is 0.264 e. The minimum Gasteiger partial charge on any atom is -0.497 e. The Bertz CT molecular complexity index is 1050. The van der Waals surface area contributed by atoms with Gasteiger partial charge in [0, 0.05) is 0 Å². The Morgan fingerprint density at radius 2 is 1.61 bits per heavy atom. The van der Waals surface area contributed by atoms with Crippen LogP contribution in [0.25, 0.3) is 0 Å². The highest BCUT2D eigenvalue weighted by Gasteiger charge is 2.30. The first-order chi connectivity index (χ1) is 13.3. The summed E-state index contributed by atoms with van der Waals surface area (Å²) in [5.41, 5.74) is 1.70. The van der Waals surface area contributed by atoms with Crippen molar-refractivity contribution in [3.63, 3.8) is 0 Å². The lowest BCUT2D eigenvalue weighted by atomic mass is 10.1. The summed E-state index contributed by atoms with van der Waals surface area (Å²) in [4.78, 5) is -0.0835. The number of aryl methyl sites for hydroxylation is 1. The van der Waals surface area contributed by atoms with E-state index in [1.54, 1.807) is 57.4 Å². The Morgan fingerprint density at radius 1 is 0.964 bits per heavy atom. The molecule has 0 N–H and O–H groups in total. The van der Waals surface area contributed by atoms with E-state index < -0.39 is 21.9 Å². The van der Waals surface area contributed by atoms with Gasteiger partial charge in [-0.05, 0) is 61.4 Å². The molecule has 0 fully saturated rings. The van der Waals surface area contributed by atoms with Crippen molar-refractivity contribution in [3.8, 4) is 5.75 Å². The first-order valence-corrected chi connectivity index (χ1v) is 10.3. The second-order valence-corrected chi connectivity index (χ2v) is 8.31. The van der Waals surface area contributed by atoms with Gasteiger partial charge >= 0.3 is 0 Å². The number of sulfonamides is 1. The number of benzene rings is 3. The monoisotopic (exact) mass is 399 g/mol. The molecular formula is C22H22FNO3S. The van der Waals surface area contributed by atoms with Crippen LogP contribution in [-0.4, -0.2) is 15.5 Å². The van der Waals surface area contributed by atoms with Gasteiger partial charge in [0.05, 0.1) is 23.7 Å². The number of nitrogens with zero attached hydrogens (tertiary/aromatic N) is 1. The maximum atomic E-state index is 14.1. The van der Waals surface area contributed by atoms with Gasteiger partial charge in [0.1, 0.15) is 11.6 Å². The second-order valence-electron chi connectivity index (χ2n) is 6.50. The standard InChI is InChI=1S/C22H22FNO3S/c1-16-9-14-21(15-22(16)23)28(25,26)24(19-7-5-4-6-8-19)17(2)18-10-12-20(27-3)13-11-18/h4-15,17H,1-3H3. The number of methoxy groups -OCH3 is 1. The number of rotatable bonds is 6. The van der Waals surface area contributed by atoms with Crippen molar-refractivity contribution < 1.29 is 17.5 Å². The van der Waals surface area contributed by atoms with Crippen molar-refractivity contribution in [1.29, 1.82) is 0 Å². The van der Waals surface area contributed by atoms with E-state index in [1.807, 2.05) is 18.2 Å². The molecule has 3 rings (SSSR count). The van der Waals surface area contributed by atoms with E-state index in [9.17, 15) is 12.8 Å². The van der Waals surface area contributed by atoms with Gasteiger partial charge in [-0.2, -0.15) is 0 Å². The zero-order chi connectivity index (χ0) is 20.3. The Hall–Kier alpha value is -2.86. The minimum atomic E-state index is -3.99. The molecule has 146 valence electrons. The van der Waals surface area contributed by atoms with E-state index in [1.165, 1.54) is 16.4 Å². The van der Waals surface area contributed by atoms with Crippen LogP contribution in [0.15, 0.2) is 77.7 Å². The van der Waals surface area contributed by atoms with Crippen molar-refractivity contribution in [2.45, 2.75) is 24.8 Å². The molecule has 0 heterocycles. The predicted molar refractivity (Wildman–Crippen MR) is 109 cm³/mol. The van der Waals surface area contributed by atoms with Crippen LogP contribution in [0.5, 0.6) is 5.75 Å². The van der Waals surface area contributed by atoms with Crippen molar-refractivity contribution in [3.05, 3.63) is 89.7 Å². The number of hydrogen-bond acceptors (Lipinski definition) is 3. The van der Waals surface area contributed by atoms with Crippen LogP contribution in [0.3, 0.4) is 0 Å². The molecule has 0 aliphatic rings. The lowest BCUT2D eigenvalue weighted by molar-refractivity contribution is 0.414. The van der Waals surface area contributed by atoms with Crippen molar-refractivity contribution >= 4 is 15.7 Å². The average Bonchev–Trinajstić information content (AvgIpc) is 2.70. The molecule has 1 atom stereocenters. The Kier molecular flexibility index (Phi) is 5.70. The fraction of sp³-hybridized carbons (Fsp3) is 0.182. The summed E-state index contributed by atoms with van der Waals surface area (Å²) >= 11 is 0. The molecule has 0 saturated carbocycles. The first-order valence-electron chi connectivity index (χ1n) is 8.84. The molecule has 0 saturated heterocycles. The first kappa shape index (κ1) is 19.9. The SMILES string of the molecule is COc1ccc(C(C)N(c2ccccc2)S(=O)(=O)c2ccc(C)c(F)c2)cc1. The summed E-state index contributed by atoms with van der Waals surface area (Å²) < 4.78 is 47.5. The van der Waals surface area contributed by atoms with E-state index in [4.69, 9.17) is 4.74 Å². The molecule has 6 heteroatoms. The van der Waals surface area contributed by atoms with Crippen molar-refractivity contribution in [2.24, 2.45) is 0 Å². The molecule has 3 aromatic carbocycles. The highest BCUT2D eigenvalue weighted by Crippen LogP contribution is 2.34. The van der Waals surface area contributed by atoms with Crippen LogP contribution < -0.4 is 9.04 Å². The van der Waals surface area contributed by atoms with Gasteiger partial charge in [-0.25, -0.2) is 12.8 Å². The maximum absolute atomic E-state index is 14.1. The van der Waals surface area contributed by atoms with Gasteiger partial charge < -0.3 is 4.74 Å².